The van der Waals surface area contributed by atoms with Crippen LogP contribution in [0.4, 0.5) is 0 Å². The molecule has 0 aromatic carbocycles. The van der Waals surface area contributed by atoms with Crippen molar-refractivity contribution >= 4 is 0 Å². The van der Waals surface area contributed by atoms with Gasteiger partial charge in [-0.1, -0.05) is 130 Å². The van der Waals surface area contributed by atoms with Crippen molar-refractivity contribution in [3.63, 3.8) is 0 Å². The van der Waals surface area contributed by atoms with Crippen molar-refractivity contribution in [1.29, 1.82) is 0 Å². The summed E-state index contributed by atoms with van der Waals surface area (Å²) in [6.45, 7) is 11.9. The van der Waals surface area contributed by atoms with Gasteiger partial charge in [-0.3, -0.25) is 0 Å². The van der Waals surface area contributed by atoms with E-state index < -0.39 is 0 Å². The van der Waals surface area contributed by atoms with Crippen LogP contribution >= 0.6 is 0 Å². The molecule has 3 fully saturated rings. The zero-order valence-corrected chi connectivity index (χ0v) is 25.3. The van der Waals surface area contributed by atoms with E-state index in [1.807, 2.05) is 0 Å². The predicted molar refractivity (Wildman–Crippen MR) is 158 cm³/mol. The van der Waals surface area contributed by atoms with E-state index >= 15 is 0 Å². The number of hydrogen-bond donors (Lipinski definition) is 0. The van der Waals surface area contributed by atoms with Crippen LogP contribution in [0.5, 0.6) is 0 Å². The maximum atomic E-state index is 6.46. The summed E-state index contributed by atoms with van der Waals surface area (Å²) in [5.41, 5.74) is 0. The molecule has 0 aromatic rings. The number of fused-ring (bicyclic) bond motifs is 2. The molecule has 0 radical (unpaired) electrons. The van der Waals surface area contributed by atoms with Gasteiger partial charge in [0, 0.05) is 13.2 Å². The molecule has 8 atom stereocenters. The molecule has 212 valence electrons. The highest BCUT2D eigenvalue weighted by molar-refractivity contribution is 4.97. The third-order valence-corrected chi connectivity index (χ3v) is 11.2. The maximum absolute atomic E-state index is 6.46. The highest BCUT2D eigenvalue weighted by Gasteiger charge is 2.47. The Hall–Kier alpha value is -0.0400. The summed E-state index contributed by atoms with van der Waals surface area (Å²) < 4.78 is 6.46. The first-order valence-electron chi connectivity index (χ1n) is 17.2. The standard InChI is InChI=1S/C35H66O/c1-5-7-9-11-13-14-15-17-19-30-25-34-28(3)21-23-33(34)31(26-35-29(4)20-22-32(30)35)27-36-24-18-16-12-10-8-6-2/h28-35H,5-27H2,1-4H3. The van der Waals surface area contributed by atoms with Gasteiger partial charge in [0.25, 0.3) is 0 Å². The fourth-order valence-electron chi connectivity index (χ4n) is 8.93. The van der Waals surface area contributed by atoms with Crippen LogP contribution in [0.1, 0.15) is 163 Å². The van der Waals surface area contributed by atoms with Crippen LogP contribution in [0.15, 0.2) is 0 Å². The lowest BCUT2D eigenvalue weighted by molar-refractivity contribution is 0.0147. The van der Waals surface area contributed by atoms with E-state index in [2.05, 4.69) is 27.7 Å². The molecule has 36 heavy (non-hydrogen) atoms. The lowest BCUT2D eigenvalue weighted by atomic mass is 9.64. The second-order valence-corrected chi connectivity index (χ2v) is 13.9. The fourth-order valence-corrected chi connectivity index (χ4v) is 8.93. The van der Waals surface area contributed by atoms with Crippen LogP contribution < -0.4 is 0 Å². The summed E-state index contributed by atoms with van der Waals surface area (Å²) in [4.78, 5) is 0. The van der Waals surface area contributed by atoms with Crippen LogP contribution in [0.2, 0.25) is 0 Å². The summed E-state index contributed by atoms with van der Waals surface area (Å²) in [5.74, 6) is 7.74. The van der Waals surface area contributed by atoms with E-state index in [4.69, 9.17) is 4.74 Å². The summed E-state index contributed by atoms with van der Waals surface area (Å²) in [5, 5.41) is 0. The summed E-state index contributed by atoms with van der Waals surface area (Å²) in [6, 6.07) is 0. The Labute approximate surface area is 227 Å². The van der Waals surface area contributed by atoms with E-state index in [0.29, 0.717) is 0 Å². The normalized spacial score (nSPS) is 34.3. The molecule has 3 rings (SSSR count). The summed E-state index contributed by atoms with van der Waals surface area (Å²) in [7, 11) is 0. The van der Waals surface area contributed by atoms with Gasteiger partial charge in [0.15, 0.2) is 0 Å². The van der Waals surface area contributed by atoms with Crippen LogP contribution in [0, 0.1) is 47.3 Å². The minimum absolute atomic E-state index is 0.845. The SMILES string of the molecule is CCCCCCCCCCC1CC2C(C)CCC2C(COCCCCCCCC)CC2C(C)CCC12. The molecular formula is C35H66O. The molecule has 1 heteroatoms. The molecule has 3 aliphatic rings. The fraction of sp³-hybridized carbons (Fsp3) is 1.00. The van der Waals surface area contributed by atoms with Crippen molar-refractivity contribution in [3.8, 4) is 0 Å². The summed E-state index contributed by atoms with van der Waals surface area (Å²) in [6.07, 6.45) is 30.6. The van der Waals surface area contributed by atoms with Gasteiger partial charge in [-0.2, -0.15) is 0 Å². The van der Waals surface area contributed by atoms with Gasteiger partial charge in [-0.15, -0.1) is 0 Å². The van der Waals surface area contributed by atoms with E-state index in [0.717, 1.165) is 60.6 Å². The van der Waals surface area contributed by atoms with Crippen molar-refractivity contribution in [2.75, 3.05) is 13.2 Å². The van der Waals surface area contributed by atoms with E-state index in [1.54, 1.807) is 6.42 Å². The van der Waals surface area contributed by atoms with Gasteiger partial charge in [-0.05, 0) is 79.4 Å². The minimum Gasteiger partial charge on any atom is -0.381 e. The monoisotopic (exact) mass is 503 g/mol. The molecule has 0 bridgehead atoms. The highest BCUT2D eigenvalue weighted by atomic mass is 16.5. The molecule has 3 aliphatic carbocycles. The first-order chi connectivity index (χ1) is 17.7. The molecule has 0 heterocycles. The first kappa shape index (κ1) is 30.5. The van der Waals surface area contributed by atoms with Gasteiger partial charge in [0.1, 0.15) is 0 Å². The molecule has 0 spiro atoms. The van der Waals surface area contributed by atoms with Gasteiger partial charge in [0.2, 0.25) is 0 Å². The highest BCUT2D eigenvalue weighted by Crippen LogP contribution is 2.55. The molecule has 0 aliphatic heterocycles. The Balaban J connectivity index is 1.49. The van der Waals surface area contributed by atoms with Crippen LogP contribution in [0.25, 0.3) is 0 Å². The molecule has 1 nitrogen and oxygen atoms in total. The van der Waals surface area contributed by atoms with Crippen molar-refractivity contribution < 1.29 is 4.74 Å². The third-order valence-electron chi connectivity index (χ3n) is 11.2. The van der Waals surface area contributed by atoms with Gasteiger partial charge < -0.3 is 4.74 Å². The average molecular weight is 503 g/mol. The van der Waals surface area contributed by atoms with E-state index in [1.165, 1.54) is 128 Å². The Morgan fingerprint density at radius 1 is 0.500 bits per heavy atom. The van der Waals surface area contributed by atoms with E-state index in [9.17, 15) is 0 Å². The van der Waals surface area contributed by atoms with Crippen LogP contribution in [-0.2, 0) is 4.74 Å². The molecule has 0 N–H and O–H groups in total. The topological polar surface area (TPSA) is 9.23 Å². The molecule has 0 amide bonds. The first-order valence-corrected chi connectivity index (χ1v) is 17.2. The molecule has 0 aromatic heterocycles. The van der Waals surface area contributed by atoms with E-state index in [-0.39, 0.29) is 0 Å². The lowest BCUT2D eigenvalue weighted by Crippen LogP contribution is -2.36. The maximum Gasteiger partial charge on any atom is 0.0497 e. The second-order valence-electron chi connectivity index (χ2n) is 13.9. The van der Waals surface area contributed by atoms with Crippen molar-refractivity contribution in [2.45, 2.75) is 163 Å². The third kappa shape index (κ3) is 9.61. The summed E-state index contributed by atoms with van der Waals surface area (Å²) >= 11 is 0. The number of ether oxygens (including phenoxy) is 1. The van der Waals surface area contributed by atoms with Gasteiger partial charge in [-0.25, -0.2) is 0 Å². The van der Waals surface area contributed by atoms with Gasteiger partial charge in [0.05, 0.1) is 0 Å². The smallest absolute Gasteiger partial charge is 0.0497 e. The second kappa shape index (κ2) is 17.5. The van der Waals surface area contributed by atoms with Crippen LogP contribution in [-0.4, -0.2) is 13.2 Å². The Morgan fingerprint density at radius 3 is 1.56 bits per heavy atom. The molecule has 8 unspecified atom stereocenters. The minimum atomic E-state index is 0.845. The Kier molecular flexibility index (Phi) is 14.9. The lowest BCUT2D eigenvalue weighted by Gasteiger charge is -2.42. The average Bonchev–Trinajstić information content (AvgIpc) is 3.41. The Morgan fingerprint density at radius 2 is 0.972 bits per heavy atom. The van der Waals surface area contributed by atoms with Gasteiger partial charge >= 0.3 is 0 Å². The Bertz CT molecular complexity index is 495. The number of unbranched alkanes of at least 4 members (excludes halogenated alkanes) is 12. The quantitative estimate of drug-likeness (QED) is 0.169. The largest absolute Gasteiger partial charge is 0.381 e. The zero-order valence-electron chi connectivity index (χ0n) is 25.3. The predicted octanol–water partition coefficient (Wildman–Crippen LogP) is 11.2. The molecule has 0 saturated heterocycles. The number of hydrogen-bond acceptors (Lipinski definition) is 1. The van der Waals surface area contributed by atoms with Crippen molar-refractivity contribution in [3.05, 3.63) is 0 Å². The van der Waals surface area contributed by atoms with Crippen LogP contribution in [0.3, 0.4) is 0 Å². The van der Waals surface area contributed by atoms with Crippen molar-refractivity contribution in [1.82, 2.24) is 0 Å². The zero-order chi connectivity index (χ0) is 25.6. The molecular weight excluding hydrogens is 436 g/mol. The number of rotatable bonds is 18. The van der Waals surface area contributed by atoms with Crippen molar-refractivity contribution in [2.24, 2.45) is 47.3 Å². The molecule has 3 saturated carbocycles.